The normalized spacial score (nSPS) is 11.5. The Balaban J connectivity index is 2.49. The highest BCUT2D eigenvalue weighted by Crippen LogP contribution is 2.22. The fraction of sp³-hybridized carbons (Fsp3) is 0.545. The van der Waals surface area contributed by atoms with Crippen LogP contribution in [0.3, 0.4) is 0 Å². The molecule has 2 N–H and O–H groups in total. The smallest absolute Gasteiger partial charge is 0.237 e. The quantitative estimate of drug-likeness (QED) is 0.865. The van der Waals surface area contributed by atoms with E-state index in [1.54, 1.807) is 13.2 Å². The van der Waals surface area contributed by atoms with Gasteiger partial charge in [-0.3, -0.25) is 0 Å². The highest BCUT2D eigenvalue weighted by Gasteiger charge is 2.16. The summed E-state index contributed by atoms with van der Waals surface area (Å²) in [5.74, 6) is 0.413. The van der Waals surface area contributed by atoms with Gasteiger partial charge in [0.1, 0.15) is 0 Å². The molecule has 5 heteroatoms. The molecule has 0 spiro atoms. The van der Waals surface area contributed by atoms with Crippen molar-refractivity contribution in [2.75, 3.05) is 19.5 Å². The number of nitrogen functional groups attached to an aromatic ring is 1. The number of nitrogens with two attached hydrogens (primary N) is 1. The number of methoxy groups -OCH3 is 1. The topological polar surface area (TPSA) is 57.4 Å². The molecular formula is C11H17ClN2O2. The van der Waals surface area contributed by atoms with Crippen LogP contribution < -0.4 is 10.5 Å². The van der Waals surface area contributed by atoms with E-state index in [1.165, 1.54) is 6.20 Å². The summed E-state index contributed by atoms with van der Waals surface area (Å²) in [6.07, 6.45) is 2.27. The van der Waals surface area contributed by atoms with Crippen molar-refractivity contribution < 1.29 is 9.47 Å². The number of hydrogen-bond acceptors (Lipinski definition) is 4. The minimum Gasteiger partial charge on any atom is -0.476 e. The van der Waals surface area contributed by atoms with Gasteiger partial charge in [0.25, 0.3) is 0 Å². The van der Waals surface area contributed by atoms with Crippen molar-refractivity contribution in [1.29, 1.82) is 0 Å². The van der Waals surface area contributed by atoms with Gasteiger partial charge >= 0.3 is 0 Å². The van der Waals surface area contributed by atoms with E-state index in [0.717, 1.165) is 6.42 Å². The second kappa shape index (κ2) is 5.37. The van der Waals surface area contributed by atoms with E-state index in [2.05, 4.69) is 4.98 Å². The zero-order chi connectivity index (χ0) is 12.2. The molecule has 0 amide bonds. The van der Waals surface area contributed by atoms with Gasteiger partial charge in [0.2, 0.25) is 5.88 Å². The molecule has 0 bridgehead atoms. The van der Waals surface area contributed by atoms with E-state index in [0.29, 0.717) is 23.2 Å². The van der Waals surface area contributed by atoms with Crippen molar-refractivity contribution >= 4 is 17.3 Å². The van der Waals surface area contributed by atoms with Crippen molar-refractivity contribution in [3.63, 3.8) is 0 Å². The van der Waals surface area contributed by atoms with Gasteiger partial charge in [-0.15, -0.1) is 0 Å². The lowest BCUT2D eigenvalue weighted by atomic mass is 10.1. The molecule has 0 aliphatic carbocycles. The highest BCUT2D eigenvalue weighted by atomic mass is 35.5. The van der Waals surface area contributed by atoms with Crippen LogP contribution in [0.4, 0.5) is 5.69 Å². The highest BCUT2D eigenvalue weighted by molar-refractivity contribution is 6.30. The number of aromatic nitrogens is 1. The third-order valence-corrected chi connectivity index (χ3v) is 2.55. The average Bonchev–Trinajstić information content (AvgIpc) is 2.21. The molecule has 0 fully saturated rings. The molecular weight excluding hydrogens is 228 g/mol. The lowest BCUT2D eigenvalue weighted by Gasteiger charge is -2.22. The summed E-state index contributed by atoms with van der Waals surface area (Å²) < 4.78 is 10.7. The first-order chi connectivity index (χ1) is 7.44. The van der Waals surface area contributed by atoms with Crippen molar-refractivity contribution in [3.05, 3.63) is 17.3 Å². The predicted octanol–water partition coefficient (Wildman–Crippen LogP) is 2.51. The molecule has 4 nitrogen and oxygen atoms in total. The minimum atomic E-state index is -0.207. The Morgan fingerprint density at radius 2 is 2.19 bits per heavy atom. The third-order valence-electron chi connectivity index (χ3n) is 2.34. The van der Waals surface area contributed by atoms with Gasteiger partial charge in [0.05, 0.1) is 22.9 Å². The molecule has 1 aromatic heterocycles. The molecule has 0 saturated heterocycles. The van der Waals surface area contributed by atoms with Crippen molar-refractivity contribution in [1.82, 2.24) is 4.98 Å². The molecule has 0 aliphatic rings. The first-order valence-electron chi connectivity index (χ1n) is 5.03. The molecule has 0 atom stereocenters. The van der Waals surface area contributed by atoms with Crippen LogP contribution in [-0.4, -0.2) is 24.3 Å². The molecule has 1 rings (SSSR count). The number of nitrogens with zero attached hydrogens (tertiary/aromatic N) is 1. The number of ether oxygens (including phenoxy) is 2. The lowest BCUT2D eigenvalue weighted by molar-refractivity contribution is 0.00515. The average molecular weight is 245 g/mol. The Hall–Kier alpha value is -1.00. The molecule has 1 aromatic rings. The maximum Gasteiger partial charge on any atom is 0.237 e. The summed E-state index contributed by atoms with van der Waals surface area (Å²) in [7, 11) is 1.68. The fourth-order valence-corrected chi connectivity index (χ4v) is 1.22. The van der Waals surface area contributed by atoms with Crippen LogP contribution in [-0.2, 0) is 4.74 Å². The molecule has 1 heterocycles. The Labute approximate surface area is 101 Å². The molecule has 0 aromatic carbocycles. The zero-order valence-corrected chi connectivity index (χ0v) is 10.5. The van der Waals surface area contributed by atoms with Gasteiger partial charge < -0.3 is 15.2 Å². The summed E-state index contributed by atoms with van der Waals surface area (Å²) in [6.45, 7) is 4.49. The van der Waals surface area contributed by atoms with Crippen LogP contribution in [0.5, 0.6) is 5.88 Å². The Morgan fingerprint density at radius 1 is 1.50 bits per heavy atom. The lowest BCUT2D eigenvalue weighted by Crippen LogP contribution is -2.25. The molecule has 90 valence electrons. The number of pyridine rings is 1. The number of anilines is 1. The zero-order valence-electron chi connectivity index (χ0n) is 9.79. The summed E-state index contributed by atoms with van der Waals surface area (Å²) in [5.41, 5.74) is 5.94. The van der Waals surface area contributed by atoms with Crippen LogP contribution in [0.15, 0.2) is 12.3 Å². The first-order valence-corrected chi connectivity index (χ1v) is 5.41. The number of rotatable bonds is 5. The van der Waals surface area contributed by atoms with E-state index in [-0.39, 0.29) is 5.60 Å². The van der Waals surface area contributed by atoms with Gasteiger partial charge in [0, 0.05) is 19.7 Å². The van der Waals surface area contributed by atoms with Crippen LogP contribution >= 0.6 is 11.6 Å². The molecule has 0 aliphatic heterocycles. The second-order valence-corrected chi connectivity index (χ2v) is 4.55. The maximum atomic E-state index is 5.73. The molecule has 16 heavy (non-hydrogen) atoms. The predicted molar refractivity (Wildman–Crippen MR) is 64.9 cm³/mol. The van der Waals surface area contributed by atoms with Crippen molar-refractivity contribution in [2.24, 2.45) is 0 Å². The molecule has 0 radical (unpaired) electrons. The van der Waals surface area contributed by atoms with E-state index in [9.17, 15) is 0 Å². The van der Waals surface area contributed by atoms with Crippen molar-refractivity contribution in [3.8, 4) is 5.88 Å². The monoisotopic (exact) mass is 244 g/mol. The van der Waals surface area contributed by atoms with Crippen molar-refractivity contribution in [2.45, 2.75) is 25.9 Å². The third kappa shape index (κ3) is 3.87. The first kappa shape index (κ1) is 13.1. The van der Waals surface area contributed by atoms with Crippen LogP contribution in [0, 0.1) is 0 Å². The summed E-state index contributed by atoms with van der Waals surface area (Å²) in [5, 5.41) is 0.502. The number of halogens is 1. The summed E-state index contributed by atoms with van der Waals surface area (Å²) >= 11 is 5.73. The van der Waals surface area contributed by atoms with E-state index in [1.807, 2.05) is 13.8 Å². The summed E-state index contributed by atoms with van der Waals surface area (Å²) in [6, 6.07) is 1.62. The van der Waals surface area contributed by atoms with Gasteiger partial charge in [-0.25, -0.2) is 4.98 Å². The summed E-state index contributed by atoms with van der Waals surface area (Å²) in [4.78, 5) is 4.00. The van der Waals surface area contributed by atoms with Crippen LogP contribution in [0.1, 0.15) is 20.3 Å². The van der Waals surface area contributed by atoms with E-state index in [4.69, 9.17) is 26.8 Å². The molecule has 0 unspecified atom stereocenters. The standard InChI is InChI=1S/C11H17ClN2O2/c1-11(2,15-3)4-5-16-10-9(13)6-8(12)7-14-10/h6-7H,4-5,13H2,1-3H3. The van der Waals surface area contributed by atoms with Crippen LogP contribution in [0.2, 0.25) is 5.02 Å². The van der Waals surface area contributed by atoms with Gasteiger partial charge in [-0.05, 0) is 19.9 Å². The largest absolute Gasteiger partial charge is 0.476 e. The minimum absolute atomic E-state index is 0.207. The maximum absolute atomic E-state index is 5.73. The number of hydrogen-bond donors (Lipinski definition) is 1. The van der Waals surface area contributed by atoms with Crippen LogP contribution in [0.25, 0.3) is 0 Å². The Kier molecular flexibility index (Phi) is 4.38. The molecule has 0 saturated carbocycles. The van der Waals surface area contributed by atoms with E-state index < -0.39 is 0 Å². The Bertz CT molecular complexity index is 356. The SMILES string of the molecule is COC(C)(C)CCOc1ncc(Cl)cc1N. The van der Waals surface area contributed by atoms with Gasteiger partial charge in [-0.1, -0.05) is 11.6 Å². The van der Waals surface area contributed by atoms with E-state index >= 15 is 0 Å². The fourth-order valence-electron chi connectivity index (χ4n) is 1.06. The van der Waals surface area contributed by atoms with Gasteiger partial charge in [-0.2, -0.15) is 0 Å². The second-order valence-electron chi connectivity index (χ2n) is 4.11. The van der Waals surface area contributed by atoms with Gasteiger partial charge in [0.15, 0.2) is 0 Å². The Morgan fingerprint density at radius 3 is 2.75 bits per heavy atom.